The highest BCUT2D eigenvalue weighted by Crippen LogP contribution is 2.44. The molecule has 19 heavy (non-hydrogen) atoms. The van der Waals surface area contributed by atoms with E-state index in [1.165, 1.54) is 0 Å². The van der Waals surface area contributed by atoms with Gasteiger partial charge in [-0.05, 0) is 36.5 Å². The molecule has 1 N–H and O–H groups in total. The first-order valence-corrected chi connectivity index (χ1v) is 6.87. The second-order valence-corrected chi connectivity index (χ2v) is 5.74. The molecule has 0 radical (unpaired) electrons. The van der Waals surface area contributed by atoms with Gasteiger partial charge >= 0.3 is 0 Å². The van der Waals surface area contributed by atoms with Crippen LogP contribution < -0.4 is 4.74 Å². The van der Waals surface area contributed by atoms with Crippen molar-refractivity contribution < 1.29 is 14.6 Å². The maximum Gasteiger partial charge on any atom is 0.175 e. The molecule has 0 saturated heterocycles. The molecule has 3 heteroatoms. The molecule has 0 spiro atoms. The smallest absolute Gasteiger partial charge is 0.175 e. The average molecular weight is 262 g/mol. The average Bonchev–Trinajstić information content (AvgIpc) is 2.37. The normalized spacial score (nSPS) is 17.1. The van der Waals surface area contributed by atoms with Crippen molar-refractivity contribution in [2.24, 2.45) is 5.41 Å². The molecular formula is C16H22O3. The van der Waals surface area contributed by atoms with Gasteiger partial charge in [-0.25, -0.2) is 0 Å². The predicted octanol–water partition coefficient (Wildman–Crippen LogP) is 3.16. The number of Topliss-reactive ketones (excluding diaryl/α,β-unsaturated/α-hetero) is 1. The summed E-state index contributed by atoms with van der Waals surface area (Å²) < 4.78 is 5.36. The third-order valence-electron chi connectivity index (χ3n) is 4.23. The van der Waals surface area contributed by atoms with Crippen molar-refractivity contribution in [2.75, 3.05) is 13.7 Å². The summed E-state index contributed by atoms with van der Waals surface area (Å²) in [5, 5.41) is 9.51. The maximum absolute atomic E-state index is 12.6. The summed E-state index contributed by atoms with van der Waals surface area (Å²) in [6.45, 7) is 4.15. The van der Waals surface area contributed by atoms with Gasteiger partial charge in [-0.2, -0.15) is 0 Å². The van der Waals surface area contributed by atoms with Crippen LogP contribution in [-0.4, -0.2) is 24.6 Å². The van der Waals surface area contributed by atoms with Gasteiger partial charge in [-0.1, -0.05) is 26.3 Å². The molecule has 0 aliphatic heterocycles. The number of rotatable bonds is 5. The van der Waals surface area contributed by atoms with Crippen molar-refractivity contribution in [2.45, 2.75) is 39.0 Å². The van der Waals surface area contributed by atoms with Crippen LogP contribution in [0.5, 0.6) is 5.75 Å². The number of aliphatic hydroxyl groups excluding tert-OH is 1. The van der Waals surface area contributed by atoms with Gasteiger partial charge in [-0.15, -0.1) is 0 Å². The lowest BCUT2D eigenvalue weighted by Crippen LogP contribution is -2.41. The van der Waals surface area contributed by atoms with Crippen molar-refractivity contribution in [1.29, 1.82) is 0 Å². The van der Waals surface area contributed by atoms with Gasteiger partial charge in [0.15, 0.2) is 5.78 Å². The third-order valence-corrected chi connectivity index (χ3v) is 4.23. The number of methoxy groups -OCH3 is 1. The van der Waals surface area contributed by atoms with Crippen LogP contribution in [0.1, 0.15) is 54.9 Å². The molecule has 1 aliphatic carbocycles. The van der Waals surface area contributed by atoms with Gasteiger partial charge < -0.3 is 9.84 Å². The summed E-state index contributed by atoms with van der Waals surface area (Å²) in [7, 11) is 1.59. The number of hydrogen-bond donors (Lipinski definition) is 1. The Bertz CT molecular complexity index is 467. The molecule has 3 nitrogen and oxygen atoms in total. The zero-order valence-electron chi connectivity index (χ0n) is 11.9. The van der Waals surface area contributed by atoms with E-state index in [1.54, 1.807) is 7.11 Å². The SMILES string of the molecule is COc1cc(C(C)C)ccc1C(=O)C1(CO)CCC1. The number of benzene rings is 1. The Morgan fingerprint density at radius 2 is 2.11 bits per heavy atom. The van der Waals surface area contributed by atoms with Gasteiger partial charge in [0.1, 0.15) is 5.75 Å². The highest BCUT2D eigenvalue weighted by atomic mass is 16.5. The summed E-state index contributed by atoms with van der Waals surface area (Å²) in [6.07, 6.45) is 2.56. The van der Waals surface area contributed by atoms with Crippen molar-refractivity contribution in [3.8, 4) is 5.75 Å². The fourth-order valence-electron chi connectivity index (χ4n) is 2.60. The Morgan fingerprint density at radius 1 is 1.42 bits per heavy atom. The Morgan fingerprint density at radius 3 is 2.53 bits per heavy atom. The number of carbonyl (C=O) groups is 1. The van der Waals surface area contributed by atoms with Crippen LogP contribution >= 0.6 is 0 Å². The second kappa shape index (κ2) is 5.33. The minimum absolute atomic E-state index is 0.0217. The lowest BCUT2D eigenvalue weighted by molar-refractivity contribution is 0.0345. The Kier molecular flexibility index (Phi) is 3.95. The van der Waals surface area contributed by atoms with E-state index in [0.717, 1.165) is 24.8 Å². The lowest BCUT2D eigenvalue weighted by atomic mass is 9.65. The minimum Gasteiger partial charge on any atom is -0.496 e. The van der Waals surface area contributed by atoms with E-state index in [1.807, 2.05) is 18.2 Å². The molecule has 104 valence electrons. The first-order chi connectivity index (χ1) is 9.04. The van der Waals surface area contributed by atoms with E-state index in [0.29, 0.717) is 17.2 Å². The van der Waals surface area contributed by atoms with E-state index < -0.39 is 5.41 Å². The molecule has 1 aromatic rings. The fourth-order valence-corrected chi connectivity index (χ4v) is 2.60. The number of carbonyl (C=O) groups excluding carboxylic acids is 1. The standard InChI is InChI=1S/C16H22O3/c1-11(2)12-5-6-13(14(9-12)19-3)15(18)16(10-17)7-4-8-16/h5-6,9,11,17H,4,7-8,10H2,1-3H3. The van der Waals surface area contributed by atoms with Crippen LogP contribution in [0.15, 0.2) is 18.2 Å². The van der Waals surface area contributed by atoms with E-state index >= 15 is 0 Å². The summed E-state index contributed by atoms with van der Waals surface area (Å²) >= 11 is 0. The molecule has 0 atom stereocenters. The van der Waals surface area contributed by atoms with Crippen LogP contribution in [0.3, 0.4) is 0 Å². The molecule has 0 unspecified atom stereocenters. The summed E-state index contributed by atoms with van der Waals surface area (Å²) in [5.74, 6) is 1.04. The zero-order valence-corrected chi connectivity index (χ0v) is 11.9. The summed E-state index contributed by atoms with van der Waals surface area (Å²) in [4.78, 5) is 12.6. The van der Waals surface area contributed by atoms with Gasteiger partial charge in [-0.3, -0.25) is 4.79 Å². The van der Waals surface area contributed by atoms with Crippen molar-refractivity contribution >= 4 is 5.78 Å². The molecule has 0 aromatic heterocycles. The number of ether oxygens (including phenoxy) is 1. The lowest BCUT2D eigenvalue weighted by Gasteiger charge is -2.38. The number of hydrogen-bond acceptors (Lipinski definition) is 3. The van der Waals surface area contributed by atoms with Crippen LogP contribution in [-0.2, 0) is 0 Å². The van der Waals surface area contributed by atoms with E-state index in [9.17, 15) is 9.90 Å². The second-order valence-electron chi connectivity index (χ2n) is 5.74. The van der Waals surface area contributed by atoms with Crippen LogP contribution in [0.2, 0.25) is 0 Å². The molecular weight excluding hydrogens is 240 g/mol. The molecule has 1 saturated carbocycles. The monoisotopic (exact) mass is 262 g/mol. The third kappa shape index (κ3) is 2.39. The minimum atomic E-state index is -0.563. The highest BCUT2D eigenvalue weighted by Gasteiger charge is 2.44. The topological polar surface area (TPSA) is 46.5 Å². The largest absolute Gasteiger partial charge is 0.496 e. The first-order valence-electron chi connectivity index (χ1n) is 6.87. The quantitative estimate of drug-likeness (QED) is 0.829. The van der Waals surface area contributed by atoms with Crippen LogP contribution in [0.4, 0.5) is 0 Å². The van der Waals surface area contributed by atoms with Gasteiger partial charge in [0.2, 0.25) is 0 Å². The molecule has 1 aliphatic rings. The maximum atomic E-state index is 12.6. The molecule has 0 amide bonds. The van der Waals surface area contributed by atoms with Gasteiger partial charge in [0.25, 0.3) is 0 Å². The van der Waals surface area contributed by atoms with E-state index in [4.69, 9.17) is 4.74 Å². The van der Waals surface area contributed by atoms with Gasteiger partial charge in [0, 0.05) is 0 Å². The van der Waals surface area contributed by atoms with Crippen LogP contribution in [0.25, 0.3) is 0 Å². The number of ketones is 1. The Labute approximate surface area is 114 Å². The fraction of sp³-hybridized carbons (Fsp3) is 0.562. The molecule has 0 heterocycles. The summed E-state index contributed by atoms with van der Waals surface area (Å²) in [6, 6.07) is 5.75. The van der Waals surface area contributed by atoms with E-state index in [-0.39, 0.29) is 12.4 Å². The predicted molar refractivity (Wildman–Crippen MR) is 74.8 cm³/mol. The number of aliphatic hydroxyl groups is 1. The van der Waals surface area contributed by atoms with Crippen molar-refractivity contribution in [1.82, 2.24) is 0 Å². The molecule has 1 aromatic carbocycles. The molecule has 1 fully saturated rings. The van der Waals surface area contributed by atoms with Crippen LogP contribution in [0, 0.1) is 5.41 Å². The van der Waals surface area contributed by atoms with E-state index in [2.05, 4.69) is 13.8 Å². The van der Waals surface area contributed by atoms with Crippen molar-refractivity contribution in [3.05, 3.63) is 29.3 Å². The Hall–Kier alpha value is -1.35. The van der Waals surface area contributed by atoms with Crippen molar-refractivity contribution in [3.63, 3.8) is 0 Å². The molecule has 0 bridgehead atoms. The zero-order chi connectivity index (χ0) is 14.0. The first kappa shape index (κ1) is 14.1. The highest BCUT2D eigenvalue weighted by molar-refractivity contribution is 6.03. The summed E-state index contributed by atoms with van der Waals surface area (Å²) in [5.41, 5.74) is 1.19. The molecule has 2 rings (SSSR count). The van der Waals surface area contributed by atoms with Gasteiger partial charge in [0.05, 0.1) is 24.7 Å². The Balaban J connectivity index is 2.36.